The highest BCUT2D eigenvalue weighted by Gasteiger charge is 2.21. The van der Waals surface area contributed by atoms with Gasteiger partial charge in [0.05, 0.1) is 39.1 Å². The molecule has 3 rings (SSSR count). The summed E-state index contributed by atoms with van der Waals surface area (Å²) in [5.41, 5.74) is -0.258. The largest absolute Gasteiger partial charge is 0.459 e. The Kier molecular flexibility index (Phi) is 5.54. The highest BCUT2D eigenvalue weighted by Crippen LogP contribution is 2.27. The zero-order valence-electron chi connectivity index (χ0n) is 15.4. The second-order valence-corrected chi connectivity index (χ2v) is 6.19. The number of furan rings is 1. The molecule has 1 aromatic heterocycles. The average molecular weight is 410 g/mol. The van der Waals surface area contributed by atoms with Crippen molar-refractivity contribution in [1.82, 2.24) is 0 Å². The Hall–Kier alpha value is -4.54. The van der Waals surface area contributed by atoms with Crippen LogP contribution in [0.5, 0.6) is 0 Å². The maximum atomic E-state index is 12.7. The first kappa shape index (κ1) is 20.2. The highest BCUT2D eigenvalue weighted by molar-refractivity contribution is 6.09. The minimum absolute atomic E-state index is 0.0576. The molecular weight excluding hydrogens is 396 g/mol. The van der Waals surface area contributed by atoms with E-state index in [0.29, 0.717) is 0 Å². The number of nitro groups is 2. The van der Waals surface area contributed by atoms with E-state index in [0.717, 1.165) is 23.8 Å². The molecule has 0 fully saturated rings. The number of hydrogen-bond donors (Lipinski definition) is 2. The van der Waals surface area contributed by atoms with Crippen molar-refractivity contribution < 1.29 is 23.9 Å². The molecule has 30 heavy (non-hydrogen) atoms. The van der Waals surface area contributed by atoms with Crippen LogP contribution < -0.4 is 10.6 Å². The minimum Gasteiger partial charge on any atom is -0.459 e. The van der Waals surface area contributed by atoms with Gasteiger partial charge >= 0.3 is 0 Å². The number of nitro benzene ring substituents is 2. The summed E-state index contributed by atoms with van der Waals surface area (Å²) in [5, 5.41) is 27.2. The Bertz CT molecular complexity index is 1120. The number of nitrogens with zero attached hydrogens (tertiary/aromatic N) is 2. The zero-order chi connectivity index (χ0) is 21.8. The summed E-state index contributed by atoms with van der Waals surface area (Å²) in [6, 6.07) is 10.5. The first-order chi connectivity index (χ1) is 14.2. The number of non-ortho nitro benzene ring substituents is 2. The molecule has 1 heterocycles. The van der Waals surface area contributed by atoms with Gasteiger partial charge in [-0.05, 0) is 36.8 Å². The third-order valence-corrected chi connectivity index (χ3v) is 4.00. The summed E-state index contributed by atoms with van der Waals surface area (Å²) in [7, 11) is 0. The van der Waals surface area contributed by atoms with Crippen molar-refractivity contribution in [2.24, 2.45) is 0 Å². The van der Waals surface area contributed by atoms with Crippen LogP contribution in [0.15, 0.2) is 59.2 Å². The number of hydrogen-bond acceptors (Lipinski definition) is 7. The maximum absolute atomic E-state index is 12.7. The predicted octanol–water partition coefficient (Wildman–Crippen LogP) is 3.91. The summed E-state index contributed by atoms with van der Waals surface area (Å²) < 4.78 is 5.03. The molecule has 0 radical (unpaired) electrons. The molecule has 0 aliphatic carbocycles. The Balaban J connectivity index is 1.91. The van der Waals surface area contributed by atoms with E-state index in [-0.39, 0.29) is 22.7 Å². The van der Waals surface area contributed by atoms with Gasteiger partial charge in [-0.2, -0.15) is 0 Å². The number of carbonyl (C=O) groups is 2. The first-order valence-corrected chi connectivity index (χ1v) is 8.45. The molecule has 0 spiro atoms. The molecule has 0 aliphatic rings. The van der Waals surface area contributed by atoms with Crippen molar-refractivity contribution in [2.75, 3.05) is 10.6 Å². The fourth-order valence-electron chi connectivity index (χ4n) is 2.59. The third kappa shape index (κ3) is 4.47. The van der Waals surface area contributed by atoms with Crippen LogP contribution in [0.1, 0.15) is 26.5 Å². The Morgan fingerprint density at radius 1 is 0.867 bits per heavy atom. The lowest BCUT2D eigenvalue weighted by molar-refractivity contribution is -0.394. The molecular formula is C19H14N4O7. The lowest BCUT2D eigenvalue weighted by Crippen LogP contribution is -2.17. The van der Waals surface area contributed by atoms with E-state index < -0.39 is 33.0 Å². The summed E-state index contributed by atoms with van der Waals surface area (Å²) >= 11 is 0. The molecule has 0 aliphatic heterocycles. The standard InChI is InChI=1S/C19H14N4O7/c1-11-4-5-15(20-19(25)17-3-2-6-30-17)16(7-11)21-18(24)12-8-13(22(26)27)10-14(9-12)23(28)29/h2-10H,1H3,(H,20,25)(H,21,24). The van der Waals surface area contributed by atoms with Gasteiger partial charge in [0.1, 0.15) is 0 Å². The van der Waals surface area contributed by atoms with Gasteiger partial charge in [0.25, 0.3) is 23.2 Å². The lowest BCUT2D eigenvalue weighted by Gasteiger charge is -2.13. The van der Waals surface area contributed by atoms with E-state index in [1.165, 1.54) is 12.3 Å². The van der Waals surface area contributed by atoms with Crippen LogP contribution in [-0.4, -0.2) is 21.7 Å². The van der Waals surface area contributed by atoms with Gasteiger partial charge < -0.3 is 15.1 Å². The SMILES string of the molecule is Cc1ccc(NC(=O)c2ccco2)c(NC(=O)c2cc([N+](=O)[O-])cc([N+](=O)[O-])c2)c1. The lowest BCUT2D eigenvalue weighted by atomic mass is 10.1. The van der Waals surface area contributed by atoms with Gasteiger partial charge in [0.2, 0.25) is 0 Å². The van der Waals surface area contributed by atoms with E-state index in [4.69, 9.17) is 4.42 Å². The van der Waals surface area contributed by atoms with E-state index in [2.05, 4.69) is 10.6 Å². The summed E-state index contributed by atoms with van der Waals surface area (Å²) in [4.78, 5) is 45.3. The van der Waals surface area contributed by atoms with Crippen LogP contribution in [0.4, 0.5) is 22.7 Å². The number of amides is 2. The van der Waals surface area contributed by atoms with Crippen LogP contribution in [0, 0.1) is 27.2 Å². The smallest absolute Gasteiger partial charge is 0.291 e. The Morgan fingerprint density at radius 3 is 2.07 bits per heavy atom. The summed E-state index contributed by atoms with van der Waals surface area (Å²) in [6.07, 6.45) is 1.34. The molecule has 0 saturated heterocycles. The normalized spacial score (nSPS) is 10.3. The molecule has 0 unspecified atom stereocenters. The van der Waals surface area contributed by atoms with E-state index in [1.807, 2.05) is 0 Å². The second-order valence-electron chi connectivity index (χ2n) is 6.19. The third-order valence-electron chi connectivity index (χ3n) is 4.00. The van der Waals surface area contributed by atoms with Crippen molar-refractivity contribution >= 4 is 34.6 Å². The topological polar surface area (TPSA) is 158 Å². The predicted molar refractivity (Wildman–Crippen MR) is 106 cm³/mol. The van der Waals surface area contributed by atoms with Gasteiger partial charge in [0.15, 0.2) is 5.76 Å². The van der Waals surface area contributed by atoms with Crippen LogP contribution in [0.25, 0.3) is 0 Å². The fourth-order valence-corrected chi connectivity index (χ4v) is 2.59. The maximum Gasteiger partial charge on any atom is 0.291 e. The first-order valence-electron chi connectivity index (χ1n) is 8.45. The number of rotatable bonds is 6. The van der Waals surface area contributed by atoms with Crippen molar-refractivity contribution in [1.29, 1.82) is 0 Å². The molecule has 0 atom stereocenters. The molecule has 11 nitrogen and oxygen atoms in total. The van der Waals surface area contributed by atoms with Gasteiger partial charge in [-0.1, -0.05) is 6.07 Å². The number of nitrogens with one attached hydrogen (secondary N) is 2. The Labute approximate surface area is 168 Å². The van der Waals surface area contributed by atoms with E-state index in [9.17, 15) is 29.8 Å². The molecule has 2 N–H and O–H groups in total. The molecule has 0 bridgehead atoms. The second kappa shape index (κ2) is 8.22. The van der Waals surface area contributed by atoms with Gasteiger partial charge in [-0.3, -0.25) is 29.8 Å². The van der Waals surface area contributed by atoms with Crippen molar-refractivity contribution in [3.05, 3.63) is 91.9 Å². The van der Waals surface area contributed by atoms with Crippen molar-refractivity contribution in [3.8, 4) is 0 Å². The number of aryl methyl sites for hydroxylation is 1. The van der Waals surface area contributed by atoms with Crippen molar-refractivity contribution in [2.45, 2.75) is 6.92 Å². The fraction of sp³-hybridized carbons (Fsp3) is 0.0526. The zero-order valence-corrected chi connectivity index (χ0v) is 15.4. The quantitative estimate of drug-likeness (QED) is 0.460. The van der Waals surface area contributed by atoms with Crippen LogP contribution in [0.2, 0.25) is 0 Å². The van der Waals surface area contributed by atoms with Crippen LogP contribution >= 0.6 is 0 Å². The van der Waals surface area contributed by atoms with Gasteiger partial charge in [-0.25, -0.2) is 0 Å². The number of benzene rings is 2. The van der Waals surface area contributed by atoms with E-state index in [1.54, 1.807) is 31.2 Å². The van der Waals surface area contributed by atoms with Gasteiger partial charge in [-0.15, -0.1) is 0 Å². The monoisotopic (exact) mass is 410 g/mol. The molecule has 152 valence electrons. The van der Waals surface area contributed by atoms with Crippen molar-refractivity contribution in [3.63, 3.8) is 0 Å². The van der Waals surface area contributed by atoms with Crippen LogP contribution in [0.3, 0.4) is 0 Å². The minimum atomic E-state index is -0.828. The number of anilines is 2. The van der Waals surface area contributed by atoms with Crippen LogP contribution in [-0.2, 0) is 0 Å². The molecule has 2 aromatic carbocycles. The van der Waals surface area contributed by atoms with Gasteiger partial charge in [0, 0.05) is 12.1 Å². The Morgan fingerprint density at radius 2 is 1.50 bits per heavy atom. The number of carbonyl (C=O) groups excluding carboxylic acids is 2. The molecule has 11 heteroatoms. The molecule has 0 saturated carbocycles. The summed E-state index contributed by atoms with van der Waals surface area (Å²) in [6.45, 7) is 1.76. The van der Waals surface area contributed by atoms with E-state index >= 15 is 0 Å². The average Bonchev–Trinajstić information content (AvgIpc) is 3.24. The molecule has 2 amide bonds. The summed E-state index contributed by atoms with van der Waals surface area (Å²) in [5.74, 6) is -1.31. The highest BCUT2D eigenvalue weighted by atomic mass is 16.6. The molecule has 3 aromatic rings.